The zero-order valence-corrected chi connectivity index (χ0v) is 16.7. The molecule has 0 aromatic carbocycles. The highest BCUT2D eigenvalue weighted by Gasteiger charge is 2.61. The molecule has 1 aliphatic heterocycles. The average Bonchev–Trinajstić information content (AvgIpc) is 3.57. The van der Waals surface area contributed by atoms with Gasteiger partial charge in [-0.3, -0.25) is 9.20 Å². The highest BCUT2D eigenvalue weighted by Crippen LogP contribution is 2.65. The van der Waals surface area contributed by atoms with Gasteiger partial charge in [-0.1, -0.05) is 6.92 Å². The topological polar surface area (TPSA) is 96.8 Å². The smallest absolute Gasteiger partial charge is 0.341 e. The van der Waals surface area contributed by atoms with Crippen LogP contribution >= 0.6 is 0 Å². The van der Waals surface area contributed by atoms with Crippen LogP contribution in [0, 0.1) is 24.1 Å². The molecule has 29 heavy (non-hydrogen) atoms. The minimum atomic E-state index is -1.27. The molecule has 3 fully saturated rings. The third-order valence-corrected chi connectivity index (χ3v) is 7.62. The molecule has 6 nitrogen and oxygen atoms in total. The van der Waals surface area contributed by atoms with Gasteiger partial charge in [0, 0.05) is 25.3 Å². The Morgan fingerprint density at radius 2 is 2.14 bits per heavy atom. The number of nitrogens with two attached hydrogens (primary N) is 1. The van der Waals surface area contributed by atoms with Gasteiger partial charge in [-0.2, -0.15) is 0 Å². The molecule has 154 valence electrons. The highest BCUT2D eigenvalue weighted by molar-refractivity contribution is 5.88. The SMILES string of the molecule is Cc1c(C2CC23CNCC(N)[C@H]3C)c(F)cn2c(=O)c(C(=O)O)cc(C3CC3)c12. The lowest BCUT2D eigenvalue weighted by Crippen LogP contribution is -2.51. The molecule has 2 saturated carbocycles. The van der Waals surface area contributed by atoms with E-state index in [4.69, 9.17) is 5.73 Å². The standard InChI is InChI=1S/C22H26FN3O3/c1-10-18(15-6-22(15)9-25-7-17(24)11(22)2)16(23)8-26-19(10)13(12-3-4-12)5-14(20(26)27)21(28)29/h5,8,11-12,15,17,25H,3-4,6-7,9,24H2,1-2H3,(H,28,29)/t11-,15?,17?,22?/m1/s1. The Morgan fingerprint density at radius 3 is 2.79 bits per heavy atom. The van der Waals surface area contributed by atoms with Crippen LogP contribution in [0.25, 0.3) is 5.52 Å². The first-order valence-electron chi connectivity index (χ1n) is 10.3. The zero-order chi connectivity index (χ0) is 20.7. The van der Waals surface area contributed by atoms with Crippen LogP contribution in [0.5, 0.6) is 0 Å². The number of carboxylic acid groups (broad SMARTS) is 1. The van der Waals surface area contributed by atoms with E-state index in [0.717, 1.165) is 43.5 Å². The first-order valence-corrected chi connectivity index (χ1v) is 10.3. The number of aryl methyl sites for hydroxylation is 1. The maximum absolute atomic E-state index is 15.3. The van der Waals surface area contributed by atoms with Crippen LogP contribution in [0.4, 0.5) is 4.39 Å². The Morgan fingerprint density at radius 1 is 1.41 bits per heavy atom. The normalized spacial score (nSPS) is 31.4. The third-order valence-electron chi connectivity index (χ3n) is 7.62. The molecular formula is C22H26FN3O3. The third kappa shape index (κ3) is 2.60. The minimum absolute atomic E-state index is 0.0420. The fourth-order valence-electron chi connectivity index (χ4n) is 5.60. The van der Waals surface area contributed by atoms with Crippen molar-refractivity contribution in [2.75, 3.05) is 13.1 Å². The average molecular weight is 399 g/mol. The molecule has 1 saturated heterocycles. The number of aromatic nitrogens is 1. The Bertz CT molecular complexity index is 1110. The summed E-state index contributed by atoms with van der Waals surface area (Å²) in [7, 11) is 0. The van der Waals surface area contributed by atoms with Crippen molar-refractivity contribution in [3.63, 3.8) is 0 Å². The van der Waals surface area contributed by atoms with E-state index in [9.17, 15) is 14.7 Å². The Balaban J connectivity index is 1.71. The maximum atomic E-state index is 15.3. The largest absolute Gasteiger partial charge is 0.477 e. The molecule has 5 rings (SSSR count). The van der Waals surface area contributed by atoms with Gasteiger partial charge in [0.05, 0.1) is 5.52 Å². The van der Waals surface area contributed by atoms with Gasteiger partial charge < -0.3 is 16.2 Å². The molecule has 3 aliphatic rings. The lowest BCUT2D eigenvalue weighted by atomic mass is 9.78. The molecule has 1 spiro atoms. The Hall–Kier alpha value is -2.25. The lowest BCUT2D eigenvalue weighted by molar-refractivity contribution is 0.0694. The molecular weight excluding hydrogens is 373 g/mol. The van der Waals surface area contributed by atoms with Crippen LogP contribution in [0.1, 0.15) is 65.1 Å². The fourth-order valence-corrected chi connectivity index (χ4v) is 5.60. The van der Waals surface area contributed by atoms with E-state index in [2.05, 4.69) is 12.2 Å². The summed E-state index contributed by atoms with van der Waals surface area (Å²) in [6, 6.07) is 1.55. The van der Waals surface area contributed by atoms with Gasteiger partial charge in [0.1, 0.15) is 11.4 Å². The molecule has 3 unspecified atom stereocenters. The van der Waals surface area contributed by atoms with Gasteiger partial charge in [0.25, 0.3) is 5.56 Å². The molecule has 0 bridgehead atoms. The van der Waals surface area contributed by atoms with Gasteiger partial charge >= 0.3 is 5.97 Å². The van der Waals surface area contributed by atoms with Crippen LogP contribution in [0.3, 0.4) is 0 Å². The fraction of sp³-hybridized carbons (Fsp3) is 0.545. The molecule has 3 heterocycles. The summed E-state index contributed by atoms with van der Waals surface area (Å²) in [4.78, 5) is 24.3. The molecule has 2 aliphatic carbocycles. The number of hydrogen-bond donors (Lipinski definition) is 3. The van der Waals surface area contributed by atoms with E-state index in [0.29, 0.717) is 11.1 Å². The van der Waals surface area contributed by atoms with E-state index in [1.165, 1.54) is 16.7 Å². The first kappa shape index (κ1) is 18.8. The number of nitrogens with zero attached hydrogens (tertiary/aromatic N) is 1. The van der Waals surface area contributed by atoms with Crippen LogP contribution in [0.2, 0.25) is 0 Å². The predicted molar refractivity (Wildman–Crippen MR) is 107 cm³/mol. The summed E-state index contributed by atoms with van der Waals surface area (Å²) in [6.07, 6.45) is 3.99. The van der Waals surface area contributed by atoms with Crippen molar-refractivity contribution in [3.05, 3.63) is 50.7 Å². The lowest BCUT2D eigenvalue weighted by Gasteiger charge is -2.36. The summed E-state index contributed by atoms with van der Waals surface area (Å²) in [6.45, 7) is 5.61. The summed E-state index contributed by atoms with van der Waals surface area (Å²) >= 11 is 0. The number of fused-ring (bicyclic) bond motifs is 1. The zero-order valence-electron chi connectivity index (χ0n) is 16.7. The summed E-state index contributed by atoms with van der Waals surface area (Å²) in [5.74, 6) is -1.14. The number of pyridine rings is 2. The number of aromatic carboxylic acids is 1. The van der Waals surface area contributed by atoms with Gasteiger partial charge in [-0.15, -0.1) is 0 Å². The monoisotopic (exact) mass is 399 g/mol. The number of halogens is 1. The second kappa shape index (κ2) is 6.12. The summed E-state index contributed by atoms with van der Waals surface area (Å²) < 4.78 is 16.6. The number of rotatable bonds is 3. The second-order valence-corrected chi connectivity index (χ2v) is 9.21. The quantitative estimate of drug-likeness (QED) is 0.736. The van der Waals surface area contributed by atoms with Crippen LogP contribution < -0.4 is 16.6 Å². The molecule has 7 heteroatoms. The van der Waals surface area contributed by atoms with Crippen molar-refractivity contribution < 1.29 is 14.3 Å². The number of carboxylic acids is 1. The Labute approximate surface area is 167 Å². The predicted octanol–water partition coefficient (Wildman–Crippen LogP) is 2.36. The highest BCUT2D eigenvalue weighted by atomic mass is 19.1. The van der Waals surface area contributed by atoms with E-state index in [-0.39, 0.29) is 34.8 Å². The van der Waals surface area contributed by atoms with Gasteiger partial charge in [-0.05, 0) is 72.1 Å². The number of hydrogen-bond acceptors (Lipinski definition) is 4. The Kier molecular flexibility index (Phi) is 3.96. The number of piperidine rings is 1. The van der Waals surface area contributed by atoms with Gasteiger partial charge in [0.15, 0.2) is 0 Å². The molecule has 2 aromatic heterocycles. The molecule has 2 aromatic rings. The van der Waals surface area contributed by atoms with Gasteiger partial charge in [-0.25, -0.2) is 9.18 Å². The van der Waals surface area contributed by atoms with Crippen molar-refractivity contribution in [2.45, 2.75) is 51.0 Å². The summed E-state index contributed by atoms with van der Waals surface area (Å²) in [5.41, 5.74) is 8.21. The second-order valence-electron chi connectivity index (χ2n) is 9.21. The minimum Gasteiger partial charge on any atom is -0.477 e. The number of nitrogens with one attached hydrogen (secondary N) is 1. The van der Waals surface area contributed by atoms with Crippen molar-refractivity contribution in [2.24, 2.45) is 17.1 Å². The number of carbonyl (C=O) groups is 1. The van der Waals surface area contributed by atoms with Crippen molar-refractivity contribution >= 4 is 11.5 Å². The van der Waals surface area contributed by atoms with Gasteiger partial charge in [0.2, 0.25) is 0 Å². The van der Waals surface area contributed by atoms with E-state index in [1.807, 2.05) is 6.92 Å². The first-order chi connectivity index (χ1) is 13.8. The maximum Gasteiger partial charge on any atom is 0.341 e. The van der Waals surface area contributed by atoms with Crippen molar-refractivity contribution in [3.8, 4) is 0 Å². The van der Waals surface area contributed by atoms with E-state index in [1.54, 1.807) is 0 Å². The molecule has 4 N–H and O–H groups in total. The van der Waals surface area contributed by atoms with E-state index < -0.39 is 17.3 Å². The molecule has 4 atom stereocenters. The van der Waals surface area contributed by atoms with Crippen LogP contribution in [0.15, 0.2) is 17.1 Å². The van der Waals surface area contributed by atoms with Crippen LogP contribution in [-0.4, -0.2) is 34.6 Å². The van der Waals surface area contributed by atoms with Crippen LogP contribution in [-0.2, 0) is 0 Å². The van der Waals surface area contributed by atoms with Crippen molar-refractivity contribution in [1.29, 1.82) is 0 Å². The van der Waals surface area contributed by atoms with Crippen molar-refractivity contribution in [1.82, 2.24) is 9.72 Å². The van der Waals surface area contributed by atoms with E-state index >= 15 is 4.39 Å². The summed E-state index contributed by atoms with van der Waals surface area (Å²) in [5, 5.41) is 12.8. The molecule has 0 amide bonds. The molecule has 0 radical (unpaired) electrons.